The van der Waals surface area contributed by atoms with Gasteiger partial charge < -0.3 is 10.4 Å². The van der Waals surface area contributed by atoms with Crippen molar-refractivity contribution in [3.05, 3.63) is 71.8 Å². The van der Waals surface area contributed by atoms with Gasteiger partial charge in [-0.2, -0.15) is 5.48 Å². The first-order valence-corrected chi connectivity index (χ1v) is 9.67. The number of hydroxylamine groups is 1. The monoisotopic (exact) mass is 410 g/mol. The molecule has 3 N–H and O–H groups in total. The average Bonchev–Trinajstić information content (AvgIpc) is 2.73. The van der Waals surface area contributed by atoms with E-state index in [1.54, 1.807) is 30.3 Å². The Morgan fingerprint density at radius 2 is 1.63 bits per heavy atom. The molecule has 2 aromatic carbocycles. The highest BCUT2D eigenvalue weighted by Crippen LogP contribution is 2.17. The zero-order chi connectivity index (χ0) is 21.9. The largest absolute Gasteiger partial charge is 0.480 e. The summed E-state index contributed by atoms with van der Waals surface area (Å²) in [7, 11) is 0. The second-order valence-corrected chi connectivity index (χ2v) is 7.24. The Labute approximate surface area is 175 Å². The van der Waals surface area contributed by atoms with Crippen LogP contribution >= 0.6 is 0 Å². The summed E-state index contributed by atoms with van der Waals surface area (Å²) < 4.78 is 0. The third kappa shape index (κ3) is 6.97. The van der Waals surface area contributed by atoms with Crippen LogP contribution in [0.15, 0.2) is 60.7 Å². The molecule has 0 aliphatic carbocycles. The minimum Gasteiger partial charge on any atom is -0.480 e. The van der Waals surface area contributed by atoms with E-state index >= 15 is 0 Å². The molecule has 0 aromatic heterocycles. The van der Waals surface area contributed by atoms with Gasteiger partial charge in [0.15, 0.2) is 0 Å². The lowest BCUT2D eigenvalue weighted by molar-refractivity contribution is -0.143. The van der Waals surface area contributed by atoms with Crippen molar-refractivity contribution in [3.63, 3.8) is 0 Å². The number of hydrogen-bond donors (Lipinski definition) is 3. The van der Waals surface area contributed by atoms with Crippen molar-refractivity contribution in [2.75, 3.05) is 0 Å². The quantitative estimate of drug-likeness (QED) is 0.389. The molecule has 0 saturated heterocycles. The highest BCUT2D eigenvalue weighted by molar-refractivity contribution is 6.04. The van der Waals surface area contributed by atoms with Crippen LogP contribution in [0.4, 0.5) is 0 Å². The minimum atomic E-state index is -1.23. The number of carboxylic acids is 1. The smallest absolute Gasteiger partial charge is 0.326 e. The van der Waals surface area contributed by atoms with Crippen LogP contribution in [0.2, 0.25) is 0 Å². The summed E-state index contributed by atoms with van der Waals surface area (Å²) in [5.41, 5.74) is 3.98. The van der Waals surface area contributed by atoms with E-state index in [9.17, 15) is 19.5 Å². The van der Waals surface area contributed by atoms with Gasteiger partial charge in [-0.05, 0) is 23.5 Å². The maximum absolute atomic E-state index is 12.9. The highest BCUT2D eigenvalue weighted by atomic mass is 16.6. The van der Waals surface area contributed by atoms with Crippen LogP contribution in [0.25, 0.3) is 5.57 Å². The predicted octanol–water partition coefficient (Wildman–Crippen LogP) is 2.61. The summed E-state index contributed by atoms with van der Waals surface area (Å²) in [6, 6.07) is 15.5. The Kier molecular flexibility index (Phi) is 8.97. The van der Waals surface area contributed by atoms with Crippen LogP contribution in [0.3, 0.4) is 0 Å². The van der Waals surface area contributed by atoms with E-state index in [2.05, 4.69) is 10.8 Å². The summed E-state index contributed by atoms with van der Waals surface area (Å²) >= 11 is 0. The van der Waals surface area contributed by atoms with Gasteiger partial charge in [-0.15, -0.1) is 0 Å². The molecular formula is C23H26N2O5. The van der Waals surface area contributed by atoms with E-state index in [0.717, 1.165) is 5.56 Å². The molecule has 2 atom stereocenters. The second-order valence-electron chi connectivity index (χ2n) is 7.24. The van der Waals surface area contributed by atoms with Crippen molar-refractivity contribution < 1.29 is 24.3 Å². The van der Waals surface area contributed by atoms with Gasteiger partial charge in [0, 0.05) is 0 Å². The van der Waals surface area contributed by atoms with Gasteiger partial charge in [0.2, 0.25) is 5.91 Å². The highest BCUT2D eigenvalue weighted by Gasteiger charge is 2.30. The van der Waals surface area contributed by atoms with Gasteiger partial charge in [-0.25, -0.2) is 9.59 Å². The number of carbonyl (C=O) groups is 2. The summed E-state index contributed by atoms with van der Waals surface area (Å²) in [4.78, 5) is 41.7. The number of benzene rings is 2. The molecule has 30 heavy (non-hydrogen) atoms. The molecule has 0 aliphatic heterocycles. The van der Waals surface area contributed by atoms with Crippen molar-refractivity contribution in [2.24, 2.45) is 5.92 Å². The summed E-state index contributed by atoms with van der Waals surface area (Å²) in [5, 5.41) is 11.9. The maximum atomic E-state index is 12.9. The normalized spacial score (nSPS) is 12.6. The van der Waals surface area contributed by atoms with Crippen molar-refractivity contribution in [1.29, 1.82) is 0 Å². The lowest BCUT2D eigenvalue weighted by atomic mass is 9.98. The van der Waals surface area contributed by atoms with E-state index in [1.165, 1.54) is 0 Å². The molecule has 0 fully saturated rings. The molecule has 0 aliphatic rings. The van der Waals surface area contributed by atoms with Gasteiger partial charge >= 0.3 is 5.97 Å². The molecule has 0 heterocycles. The second kappa shape index (κ2) is 11.7. The van der Waals surface area contributed by atoms with E-state index in [4.69, 9.17) is 4.84 Å². The number of carbonyl (C=O) groups excluding carboxylic acids is 2. The fourth-order valence-corrected chi connectivity index (χ4v) is 2.88. The first-order chi connectivity index (χ1) is 14.4. The number of hydrogen-bond acceptors (Lipinski definition) is 5. The number of amides is 1. The molecule has 7 heteroatoms. The summed E-state index contributed by atoms with van der Waals surface area (Å²) in [5.74, 6) is 0.0414. The standard InChI is InChI=1S/C23H26N2O5/c1-16(2)13-20(23(28)29)24-22(27)21(19(14-26)18-11-7-4-8-12-18)25-30-15-17-9-5-3-6-10-17/h3-12,16,20-21,25H,13,15H2,1-2H3,(H,24,27)(H,28,29)/t20-,21-/m0/s1. The van der Waals surface area contributed by atoms with Crippen LogP contribution in [-0.4, -0.2) is 35.0 Å². The van der Waals surface area contributed by atoms with E-state index < -0.39 is 24.0 Å². The Hall–Kier alpha value is -3.25. The van der Waals surface area contributed by atoms with Gasteiger partial charge in [-0.3, -0.25) is 9.63 Å². The average molecular weight is 410 g/mol. The molecular weight excluding hydrogens is 384 g/mol. The molecule has 0 radical (unpaired) electrons. The van der Waals surface area contributed by atoms with Crippen molar-refractivity contribution in [1.82, 2.24) is 10.8 Å². The molecule has 0 unspecified atom stereocenters. The van der Waals surface area contributed by atoms with Crippen molar-refractivity contribution >= 4 is 23.4 Å². The summed E-state index contributed by atoms with van der Waals surface area (Å²) in [6.07, 6.45) is 0.254. The van der Waals surface area contributed by atoms with Crippen molar-refractivity contribution in [2.45, 2.75) is 39.0 Å². The summed E-state index contributed by atoms with van der Waals surface area (Å²) in [6.45, 7) is 3.88. The van der Waals surface area contributed by atoms with Gasteiger partial charge in [0.05, 0.1) is 12.2 Å². The Morgan fingerprint density at radius 3 is 2.17 bits per heavy atom. The van der Waals surface area contributed by atoms with Crippen LogP contribution in [-0.2, 0) is 25.8 Å². The van der Waals surface area contributed by atoms with Crippen LogP contribution in [0.1, 0.15) is 31.4 Å². The van der Waals surface area contributed by atoms with E-state index in [0.29, 0.717) is 5.56 Å². The molecule has 0 saturated carbocycles. The topological polar surface area (TPSA) is 105 Å². The minimum absolute atomic E-state index is 0.0230. The molecule has 0 bridgehead atoms. The Balaban J connectivity index is 2.21. The van der Waals surface area contributed by atoms with Gasteiger partial charge in [0.1, 0.15) is 18.0 Å². The lowest BCUT2D eigenvalue weighted by Gasteiger charge is -2.22. The third-order valence-electron chi connectivity index (χ3n) is 4.35. The molecule has 0 spiro atoms. The Morgan fingerprint density at radius 1 is 1.03 bits per heavy atom. The Bertz CT molecular complexity index is 877. The molecule has 7 nitrogen and oxygen atoms in total. The number of aliphatic carboxylic acids is 1. The zero-order valence-corrected chi connectivity index (χ0v) is 17.0. The SMILES string of the molecule is CC(C)C[C@H](NC(=O)[C@@H](NOCc1ccccc1)C(=C=O)c1ccccc1)C(=O)O. The first kappa shape index (κ1) is 23.0. The van der Waals surface area contributed by atoms with Gasteiger partial charge in [-0.1, -0.05) is 74.5 Å². The number of nitrogens with one attached hydrogen (secondary N) is 2. The van der Waals surface area contributed by atoms with Crippen LogP contribution in [0, 0.1) is 5.92 Å². The zero-order valence-electron chi connectivity index (χ0n) is 17.0. The predicted molar refractivity (Wildman–Crippen MR) is 113 cm³/mol. The van der Waals surface area contributed by atoms with Crippen LogP contribution < -0.4 is 10.8 Å². The fraction of sp³-hybridized carbons (Fsp3) is 0.304. The lowest BCUT2D eigenvalue weighted by Crippen LogP contribution is -2.51. The maximum Gasteiger partial charge on any atom is 0.326 e. The van der Waals surface area contributed by atoms with Gasteiger partial charge in [0.25, 0.3) is 0 Å². The molecule has 2 rings (SSSR count). The molecule has 1 amide bonds. The van der Waals surface area contributed by atoms with E-state index in [-0.39, 0.29) is 24.5 Å². The number of rotatable bonds is 11. The molecule has 158 valence electrons. The van der Waals surface area contributed by atoms with Crippen LogP contribution in [0.5, 0.6) is 0 Å². The van der Waals surface area contributed by atoms with Crippen molar-refractivity contribution in [3.8, 4) is 0 Å². The molecule has 2 aromatic rings. The fourth-order valence-electron chi connectivity index (χ4n) is 2.88. The number of carboxylic acid groups (broad SMARTS) is 1. The first-order valence-electron chi connectivity index (χ1n) is 9.67. The van der Waals surface area contributed by atoms with E-state index in [1.807, 2.05) is 50.1 Å². The third-order valence-corrected chi connectivity index (χ3v) is 4.35.